The van der Waals surface area contributed by atoms with Gasteiger partial charge in [0.1, 0.15) is 17.7 Å². The molecular formula is C32H46ClN3O4. The number of hydrogen-bond donors (Lipinski definition) is 2. The van der Waals surface area contributed by atoms with Crippen molar-refractivity contribution < 1.29 is 19.1 Å². The molecule has 0 bridgehead atoms. The van der Waals surface area contributed by atoms with Crippen molar-refractivity contribution in [3.8, 4) is 0 Å². The van der Waals surface area contributed by atoms with E-state index in [0.717, 1.165) is 24.0 Å². The first-order valence-corrected chi connectivity index (χ1v) is 14.5. The number of amides is 3. The van der Waals surface area contributed by atoms with Crippen LogP contribution in [0.25, 0.3) is 0 Å². The van der Waals surface area contributed by atoms with Gasteiger partial charge < -0.3 is 20.3 Å². The van der Waals surface area contributed by atoms with Crippen molar-refractivity contribution in [3.05, 3.63) is 64.2 Å². The molecule has 2 unspecified atom stereocenters. The van der Waals surface area contributed by atoms with Gasteiger partial charge in [-0.3, -0.25) is 9.59 Å². The minimum absolute atomic E-state index is 0.110. The van der Waals surface area contributed by atoms with Crippen molar-refractivity contribution in [3.63, 3.8) is 0 Å². The largest absolute Gasteiger partial charge is 0.444 e. The van der Waals surface area contributed by atoms with E-state index in [0.29, 0.717) is 35.7 Å². The number of para-hydroxylation sites is 1. The average Bonchev–Trinajstić information content (AvgIpc) is 2.84. The van der Waals surface area contributed by atoms with Gasteiger partial charge in [0.15, 0.2) is 0 Å². The van der Waals surface area contributed by atoms with Crippen LogP contribution in [0, 0.1) is 19.8 Å². The highest BCUT2D eigenvalue weighted by atomic mass is 35.5. The average molecular weight is 572 g/mol. The molecule has 0 aliphatic rings. The molecule has 8 heteroatoms. The molecular weight excluding hydrogens is 526 g/mol. The fraction of sp³-hybridized carbons (Fsp3) is 0.531. The fourth-order valence-electron chi connectivity index (χ4n) is 4.44. The maximum Gasteiger partial charge on any atom is 0.408 e. The van der Waals surface area contributed by atoms with Gasteiger partial charge in [0, 0.05) is 6.54 Å². The standard InChI is InChI=1S/C32H46ClN3O4/c1-9-10-11-19-36(30(38)26(20-21(2)3)34-31(39)40-32(6,7)8)28(24-17-15-22(4)16-18-24)29(37)35-27-23(5)13-12-14-25(27)33/h12-18,21,26,28H,9-11,19-20H2,1-8H3,(H,34,39)(H,35,37). The first kappa shape index (κ1) is 33.1. The third kappa shape index (κ3) is 10.2. The molecule has 2 atom stereocenters. The molecule has 0 fully saturated rings. The van der Waals surface area contributed by atoms with Crippen LogP contribution < -0.4 is 10.6 Å². The molecule has 0 aromatic heterocycles. The molecule has 220 valence electrons. The second kappa shape index (κ2) is 15.1. The smallest absolute Gasteiger partial charge is 0.408 e. The maximum absolute atomic E-state index is 14.3. The highest BCUT2D eigenvalue weighted by molar-refractivity contribution is 6.34. The van der Waals surface area contributed by atoms with Gasteiger partial charge in [-0.15, -0.1) is 0 Å². The van der Waals surface area contributed by atoms with Crippen LogP contribution in [0.3, 0.4) is 0 Å². The number of benzene rings is 2. The summed E-state index contributed by atoms with van der Waals surface area (Å²) in [7, 11) is 0. The van der Waals surface area contributed by atoms with Crippen molar-refractivity contribution in [2.45, 2.75) is 98.8 Å². The number of carbonyl (C=O) groups is 3. The molecule has 2 rings (SSSR count). The van der Waals surface area contributed by atoms with Gasteiger partial charge in [0.2, 0.25) is 5.91 Å². The lowest BCUT2D eigenvalue weighted by atomic mass is 9.98. The maximum atomic E-state index is 14.3. The summed E-state index contributed by atoms with van der Waals surface area (Å²) in [6, 6.07) is 11.2. The molecule has 0 radical (unpaired) electrons. The summed E-state index contributed by atoms with van der Waals surface area (Å²) in [5, 5.41) is 6.21. The van der Waals surface area contributed by atoms with Gasteiger partial charge in [-0.2, -0.15) is 0 Å². The Balaban J connectivity index is 2.57. The Morgan fingerprint density at radius 1 is 1.00 bits per heavy atom. The Labute approximate surface area is 245 Å². The third-order valence-electron chi connectivity index (χ3n) is 6.41. The summed E-state index contributed by atoms with van der Waals surface area (Å²) in [6.07, 6.45) is 2.29. The van der Waals surface area contributed by atoms with Gasteiger partial charge >= 0.3 is 6.09 Å². The monoisotopic (exact) mass is 571 g/mol. The Kier molecular flexibility index (Phi) is 12.5. The van der Waals surface area contributed by atoms with E-state index in [1.54, 1.807) is 31.7 Å². The van der Waals surface area contributed by atoms with E-state index in [-0.39, 0.29) is 17.7 Å². The van der Waals surface area contributed by atoms with Gasteiger partial charge in [-0.1, -0.05) is 87.2 Å². The lowest BCUT2D eigenvalue weighted by molar-refractivity contribution is -0.141. The minimum atomic E-state index is -0.935. The van der Waals surface area contributed by atoms with Crippen LogP contribution in [0.4, 0.5) is 10.5 Å². The van der Waals surface area contributed by atoms with Gasteiger partial charge in [0.25, 0.3) is 5.91 Å². The van der Waals surface area contributed by atoms with Gasteiger partial charge in [-0.05, 0) is 70.6 Å². The first-order valence-electron chi connectivity index (χ1n) is 14.2. The highest BCUT2D eigenvalue weighted by Crippen LogP contribution is 2.30. The zero-order chi connectivity index (χ0) is 30.0. The molecule has 7 nitrogen and oxygen atoms in total. The van der Waals surface area contributed by atoms with Crippen molar-refractivity contribution in [1.82, 2.24) is 10.2 Å². The first-order chi connectivity index (χ1) is 18.7. The van der Waals surface area contributed by atoms with Crippen LogP contribution in [-0.4, -0.2) is 41.0 Å². The molecule has 0 saturated heterocycles. The van der Waals surface area contributed by atoms with Crippen LogP contribution in [0.5, 0.6) is 0 Å². The van der Waals surface area contributed by atoms with Crippen molar-refractivity contribution in [1.29, 1.82) is 0 Å². The predicted molar refractivity (Wildman–Crippen MR) is 163 cm³/mol. The lowest BCUT2D eigenvalue weighted by Gasteiger charge is -2.35. The van der Waals surface area contributed by atoms with Crippen LogP contribution in [0.2, 0.25) is 5.02 Å². The SMILES string of the molecule is CCCCCN(C(=O)C(CC(C)C)NC(=O)OC(C)(C)C)C(C(=O)Nc1c(C)cccc1Cl)c1ccc(C)cc1. The summed E-state index contributed by atoms with van der Waals surface area (Å²) >= 11 is 6.45. The van der Waals surface area contributed by atoms with E-state index in [1.165, 1.54) is 0 Å². The van der Waals surface area contributed by atoms with Gasteiger partial charge in [-0.25, -0.2) is 4.79 Å². The summed E-state index contributed by atoms with van der Waals surface area (Å²) < 4.78 is 5.47. The number of nitrogens with zero attached hydrogens (tertiary/aromatic N) is 1. The Hall–Kier alpha value is -3.06. The topological polar surface area (TPSA) is 87.7 Å². The lowest BCUT2D eigenvalue weighted by Crippen LogP contribution is -2.53. The number of alkyl carbamates (subject to hydrolysis) is 1. The molecule has 2 aromatic carbocycles. The Morgan fingerprint density at radius 2 is 1.65 bits per heavy atom. The summed E-state index contributed by atoms with van der Waals surface area (Å²) in [5.41, 5.74) is 2.33. The second-order valence-electron chi connectivity index (χ2n) is 11.8. The van der Waals surface area contributed by atoms with E-state index in [1.807, 2.05) is 64.1 Å². The molecule has 2 aromatic rings. The van der Waals surface area contributed by atoms with Crippen molar-refractivity contribution in [2.24, 2.45) is 5.92 Å². The summed E-state index contributed by atoms with van der Waals surface area (Å²) in [5.74, 6) is -0.587. The number of nitrogens with one attached hydrogen (secondary N) is 2. The van der Waals surface area contributed by atoms with E-state index in [2.05, 4.69) is 17.6 Å². The molecule has 0 spiro atoms. The number of halogens is 1. The van der Waals surface area contributed by atoms with E-state index < -0.39 is 23.8 Å². The van der Waals surface area contributed by atoms with E-state index in [4.69, 9.17) is 16.3 Å². The second-order valence-corrected chi connectivity index (χ2v) is 12.2. The van der Waals surface area contributed by atoms with Gasteiger partial charge in [0.05, 0.1) is 10.7 Å². The zero-order valence-corrected chi connectivity index (χ0v) is 26.0. The zero-order valence-electron chi connectivity index (χ0n) is 25.3. The molecule has 0 aliphatic heterocycles. The molecule has 3 amide bonds. The van der Waals surface area contributed by atoms with Crippen molar-refractivity contribution in [2.75, 3.05) is 11.9 Å². The normalized spacial score (nSPS) is 12.9. The number of unbranched alkanes of at least 4 members (excludes halogenated alkanes) is 2. The molecule has 0 heterocycles. The molecule has 0 aliphatic carbocycles. The quantitative estimate of drug-likeness (QED) is 0.257. The Bertz CT molecular complexity index is 1120. The number of aryl methyl sites for hydroxylation is 2. The highest BCUT2D eigenvalue weighted by Gasteiger charge is 2.36. The van der Waals surface area contributed by atoms with Crippen molar-refractivity contribution >= 4 is 35.2 Å². The summed E-state index contributed by atoms with van der Waals surface area (Å²) in [6.45, 7) is 15.6. The number of hydrogen-bond acceptors (Lipinski definition) is 4. The van der Waals surface area contributed by atoms with Crippen LogP contribution in [-0.2, 0) is 14.3 Å². The third-order valence-corrected chi connectivity index (χ3v) is 6.72. The molecule has 40 heavy (non-hydrogen) atoms. The number of ether oxygens (including phenoxy) is 1. The predicted octanol–water partition coefficient (Wildman–Crippen LogP) is 7.59. The number of anilines is 1. The van der Waals surface area contributed by atoms with Crippen LogP contribution in [0.15, 0.2) is 42.5 Å². The van der Waals surface area contributed by atoms with Crippen LogP contribution in [0.1, 0.15) is 90.0 Å². The summed E-state index contributed by atoms with van der Waals surface area (Å²) in [4.78, 5) is 42.7. The number of carbonyl (C=O) groups excluding carboxylic acids is 3. The number of rotatable bonds is 12. The van der Waals surface area contributed by atoms with Crippen LogP contribution >= 0.6 is 11.6 Å². The van der Waals surface area contributed by atoms with E-state index in [9.17, 15) is 14.4 Å². The molecule has 2 N–H and O–H groups in total. The fourth-order valence-corrected chi connectivity index (χ4v) is 4.71. The Morgan fingerprint density at radius 3 is 2.20 bits per heavy atom. The molecule has 0 saturated carbocycles. The minimum Gasteiger partial charge on any atom is -0.444 e. The van der Waals surface area contributed by atoms with E-state index >= 15 is 0 Å².